The van der Waals surface area contributed by atoms with Crippen LogP contribution in [0.3, 0.4) is 0 Å². The highest BCUT2D eigenvalue weighted by atomic mass is 79.9. The summed E-state index contributed by atoms with van der Waals surface area (Å²) in [6.45, 7) is 6.36. The summed E-state index contributed by atoms with van der Waals surface area (Å²) in [4.78, 5) is 2.61. The van der Waals surface area contributed by atoms with E-state index in [0.717, 1.165) is 11.2 Å². The molecular weight excluding hydrogens is 214 g/mol. The van der Waals surface area contributed by atoms with Crippen LogP contribution in [-0.4, -0.2) is 29.9 Å². The van der Waals surface area contributed by atoms with Crippen molar-refractivity contribution in [1.82, 2.24) is 4.90 Å². The Kier molecular flexibility index (Phi) is 5.24. The summed E-state index contributed by atoms with van der Waals surface area (Å²) in [6, 6.07) is 0. The Morgan fingerprint density at radius 3 is 2.50 bits per heavy atom. The van der Waals surface area contributed by atoms with Crippen molar-refractivity contribution in [3.8, 4) is 0 Å². The molecule has 1 rings (SSSR count). The van der Waals surface area contributed by atoms with Crippen LogP contribution >= 0.6 is 15.9 Å². The third-order valence-electron chi connectivity index (χ3n) is 2.73. The molecule has 1 nitrogen and oxygen atoms in total. The number of hydrogen-bond donors (Lipinski definition) is 0. The molecule has 0 amide bonds. The van der Waals surface area contributed by atoms with E-state index in [-0.39, 0.29) is 0 Å². The SMILES string of the molecule is CC1CCN(CCCCBr)CC1. The lowest BCUT2D eigenvalue weighted by Crippen LogP contribution is -2.33. The second-order valence-electron chi connectivity index (χ2n) is 3.92. The smallest absolute Gasteiger partial charge is 0.00317 e. The average Bonchev–Trinajstić information content (AvgIpc) is 2.09. The number of nitrogens with zero attached hydrogens (tertiary/aromatic N) is 1. The molecule has 0 unspecified atom stereocenters. The Balaban J connectivity index is 2.01. The van der Waals surface area contributed by atoms with Gasteiger partial charge in [-0.1, -0.05) is 22.9 Å². The maximum Gasteiger partial charge on any atom is 0.00317 e. The van der Waals surface area contributed by atoms with E-state index in [9.17, 15) is 0 Å². The van der Waals surface area contributed by atoms with Crippen LogP contribution in [0.5, 0.6) is 0 Å². The molecule has 12 heavy (non-hydrogen) atoms. The van der Waals surface area contributed by atoms with Gasteiger partial charge in [0.05, 0.1) is 0 Å². The van der Waals surface area contributed by atoms with E-state index in [2.05, 4.69) is 27.8 Å². The number of hydrogen-bond acceptors (Lipinski definition) is 1. The van der Waals surface area contributed by atoms with Crippen molar-refractivity contribution >= 4 is 15.9 Å². The van der Waals surface area contributed by atoms with Crippen molar-refractivity contribution in [1.29, 1.82) is 0 Å². The summed E-state index contributed by atoms with van der Waals surface area (Å²) in [7, 11) is 0. The van der Waals surface area contributed by atoms with Gasteiger partial charge in [0, 0.05) is 5.33 Å². The molecule has 0 atom stereocenters. The number of halogens is 1. The number of unbranched alkanes of at least 4 members (excludes halogenated alkanes) is 1. The lowest BCUT2D eigenvalue weighted by atomic mass is 9.99. The quantitative estimate of drug-likeness (QED) is 0.534. The molecule has 0 bridgehead atoms. The first kappa shape index (κ1) is 10.5. The first-order chi connectivity index (χ1) is 5.83. The van der Waals surface area contributed by atoms with Crippen LogP contribution in [0.1, 0.15) is 32.6 Å². The zero-order valence-corrected chi connectivity index (χ0v) is 9.65. The van der Waals surface area contributed by atoms with Crippen LogP contribution in [0, 0.1) is 5.92 Å². The van der Waals surface area contributed by atoms with Crippen molar-refractivity contribution in [2.45, 2.75) is 32.6 Å². The Labute approximate surface area is 84.6 Å². The van der Waals surface area contributed by atoms with Crippen LogP contribution in [0.25, 0.3) is 0 Å². The number of likely N-dealkylation sites (tertiary alicyclic amines) is 1. The Hall–Kier alpha value is 0.440. The predicted octanol–water partition coefficient (Wildman–Crippen LogP) is 2.89. The van der Waals surface area contributed by atoms with Gasteiger partial charge in [-0.15, -0.1) is 0 Å². The van der Waals surface area contributed by atoms with E-state index in [1.807, 2.05) is 0 Å². The fourth-order valence-corrected chi connectivity index (χ4v) is 2.11. The molecular formula is C10H20BrN. The van der Waals surface area contributed by atoms with Gasteiger partial charge in [0.1, 0.15) is 0 Å². The molecule has 1 aliphatic heterocycles. The minimum absolute atomic E-state index is 0.970. The molecule has 0 N–H and O–H groups in total. The van der Waals surface area contributed by atoms with Gasteiger partial charge >= 0.3 is 0 Å². The van der Waals surface area contributed by atoms with Gasteiger partial charge in [-0.05, 0) is 51.2 Å². The predicted molar refractivity (Wildman–Crippen MR) is 57.9 cm³/mol. The molecule has 72 valence electrons. The van der Waals surface area contributed by atoms with Crippen LogP contribution in [0.4, 0.5) is 0 Å². The molecule has 1 aliphatic rings. The van der Waals surface area contributed by atoms with Gasteiger partial charge in [-0.2, -0.15) is 0 Å². The minimum atomic E-state index is 0.970. The van der Waals surface area contributed by atoms with Crippen molar-refractivity contribution in [2.75, 3.05) is 25.0 Å². The Morgan fingerprint density at radius 2 is 1.92 bits per heavy atom. The van der Waals surface area contributed by atoms with E-state index in [1.165, 1.54) is 45.3 Å². The zero-order valence-electron chi connectivity index (χ0n) is 8.06. The molecule has 2 heteroatoms. The maximum absolute atomic E-state index is 3.47. The van der Waals surface area contributed by atoms with Crippen molar-refractivity contribution in [3.63, 3.8) is 0 Å². The third-order valence-corrected chi connectivity index (χ3v) is 3.29. The van der Waals surface area contributed by atoms with Gasteiger partial charge in [0.2, 0.25) is 0 Å². The molecule has 0 aromatic rings. The summed E-state index contributed by atoms with van der Waals surface area (Å²) >= 11 is 3.47. The van der Waals surface area contributed by atoms with E-state index < -0.39 is 0 Å². The van der Waals surface area contributed by atoms with Crippen LogP contribution in [0.2, 0.25) is 0 Å². The topological polar surface area (TPSA) is 3.24 Å². The Bertz CT molecular complexity index is 108. The van der Waals surface area contributed by atoms with Gasteiger partial charge in [0.15, 0.2) is 0 Å². The highest BCUT2D eigenvalue weighted by molar-refractivity contribution is 9.09. The Morgan fingerprint density at radius 1 is 1.25 bits per heavy atom. The van der Waals surface area contributed by atoms with Crippen molar-refractivity contribution in [3.05, 3.63) is 0 Å². The molecule has 0 aromatic heterocycles. The molecule has 1 fully saturated rings. The van der Waals surface area contributed by atoms with Crippen molar-refractivity contribution < 1.29 is 0 Å². The first-order valence-corrected chi connectivity index (χ1v) is 6.23. The normalized spacial score (nSPS) is 21.5. The molecule has 0 aliphatic carbocycles. The standard InChI is InChI=1S/C10H20BrN/c1-10-4-8-12(9-5-10)7-3-2-6-11/h10H,2-9H2,1H3. The summed E-state index contributed by atoms with van der Waals surface area (Å²) in [5, 5.41) is 1.16. The average molecular weight is 234 g/mol. The van der Waals surface area contributed by atoms with Gasteiger partial charge < -0.3 is 4.90 Å². The number of piperidine rings is 1. The lowest BCUT2D eigenvalue weighted by Gasteiger charge is -2.29. The first-order valence-electron chi connectivity index (χ1n) is 5.11. The fourth-order valence-electron chi connectivity index (χ4n) is 1.72. The summed E-state index contributed by atoms with van der Waals surface area (Å²) in [5.41, 5.74) is 0. The maximum atomic E-state index is 3.47. The van der Waals surface area contributed by atoms with Crippen LogP contribution in [-0.2, 0) is 0 Å². The second-order valence-corrected chi connectivity index (χ2v) is 4.71. The summed E-state index contributed by atoms with van der Waals surface area (Å²) in [5.74, 6) is 0.970. The molecule has 0 aromatic carbocycles. The lowest BCUT2D eigenvalue weighted by molar-refractivity contribution is 0.190. The molecule has 0 spiro atoms. The van der Waals surface area contributed by atoms with E-state index in [1.54, 1.807) is 0 Å². The molecule has 1 saturated heterocycles. The number of alkyl halides is 1. The van der Waals surface area contributed by atoms with E-state index >= 15 is 0 Å². The highest BCUT2D eigenvalue weighted by Crippen LogP contribution is 2.16. The largest absolute Gasteiger partial charge is 0.303 e. The van der Waals surface area contributed by atoms with Gasteiger partial charge in [0.25, 0.3) is 0 Å². The molecule has 0 saturated carbocycles. The van der Waals surface area contributed by atoms with Crippen LogP contribution in [0.15, 0.2) is 0 Å². The highest BCUT2D eigenvalue weighted by Gasteiger charge is 2.14. The summed E-state index contributed by atoms with van der Waals surface area (Å²) in [6.07, 6.45) is 5.51. The number of rotatable bonds is 4. The van der Waals surface area contributed by atoms with Crippen molar-refractivity contribution in [2.24, 2.45) is 5.92 Å². The second kappa shape index (κ2) is 5.98. The molecule has 0 radical (unpaired) electrons. The zero-order chi connectivity index (χ0) is 8.81. The minimum Gasteiger partial charge on any atom is -0.303 e. The van der Waals surface area contributed by atoms with E-state index in [0.29, 0.717) is 0 Å². The fraction of sp³-hybridized carbons (Fsp3) is 1.00. The third kappa shape index (κ3) is 3.90. The van der Waals surface area contributed by atoms with E-state index in [4.69, 9.17) is 0 Å². The van der Waals surface area contributed by atoms with Crippen LogP contribution < -0.4 is 0 Å². The molecule has 1 heterocycles. The van der Waals surface area contributed by atoms with Gasteiger partial charge in [-0.3, -0.25) is 0 Å². The monoisotopic (exact) mass is 233 g/mol. The van der Waals surface area contributed by atoms with Gasteiger partial charge in [-0.25, -0.2) is 0 Å². The summed E-state index contributed by atoms with van der Waals surface area (Å²) < 4.78 is 0.